The SMILES string of the molecule is Cc1cc(CNC2(CO)CCCC(C)C2)cc(C)c1O. The van der Waals surface area contributed by atoms with E-state index in [1.807, 2.05) is 26.0 Å². The third-order valence-electron chi connectivity index (χ3n) is 4.61. The number of benzene rings is 1. The molecular weight excluding hydrogens is 250 g/mol. The normalized spacial score (nSPS) is 26.7. The molecule has 3 nitrogen and oxygen atoms in total. The predicted molar refractivity (Wildman–Crippen MR) is 81.9 cm³/mol. The number of hydrogen-bond donors (Lipinski definition) is 3. The number of nitrogens with one attached hydrogen (secondary N) is 1. The van der Waals surface area contributed by atoms with Gasteiger partial charge in [0.05, 0.1) is 6.61 Å². The Morgan fingerprint density at radius 2 is 1.95 bits per heavy atom. The van der Waals surface area contributed by atoms with Crippen LogP contribution < -0.4 is 5.32 Å². The lowest BCUT2D eigenvalue weighted by Gasteiger charge is -2.39. The van der Waals surface area contributed by atoms with Gasteiger partial charge in [-0.05, 0) is 49.3 Å². The van der Waals surface area contributed by atoms with Crippen LogP contribution in [0, 0.1) is 19.8 Å². The molecular formula is C17H27NO2. The molecule has 3 heteroatoms. The van der Waals surface area contributed by atoms with E-state index in [2.05, 4.69) is 12.2 Å². The van der Waals surface area contributed by atoms with E-state index in [9.17, 15) is 10.2 Å². The van der Waals surface area contributed by atoms with E-state index in [-0.39, 0.29) is 12.1 Å². The Kier molecular flexibility index (Phi) is 4.71. The summed E-state index contributed by atoms with van der Waals surface area (Å²) in [6.07, 6.45) is 4.53. The van der Waals surface area contributed by atoms with Crippen LogP contribution >= 0.6 is 0 Å². The van der Waals surface area contributed by atoms with Crippen molar-refractivity contribution < 1.29 is 10.2 Å². The minimum absolute atomic E-state index is 0.128. The third-order valence-corrected chi connectivity index (χ3v) is 4.61. The van der Waals surface area contributed by atoms with Crippen molar-refractivity contribution in [3.05, 3.63) is 28.8 Å². The monoisotopic (exact) mass is 277 g/mol. The highest BCUT2D eigenvalue weighted by molar-refractivity contribution is 5.42. The van der Waals surface area contributed by atoms with Crippen molar-refractivity contribution in [1.82, 2.24) is 5.32 Å². The van der Waals surface area contributed by atoms with Gasteiger partial charge < -0.3 is 15.5 Å². The minimum Gasteiger partial charge on any atom is -0.507 e. The Hall–Kier alpha value is -1.06. The molecule has 0 heterocycles. The first-order valence-corrected chi connectivity index (χ1v) is 7.61. The molecule has 2 atom stereocenters. The summed E-state index contributed by atoms with van der Waals surface area (Å²) in [6.45, 7) is 7.06. The molecule has 0 amide bonds. The van der Waals surface area contributed by atoms with Crippen LogP contribution in [0.15, 0.2) is 12.1 Å². The summed E-state index contributed by atoms with van der Waals surface area (Å²) < 4.78 is 0. The first-order valence-electron chi connectivity index (χ1n) is 7.61. The Labute approximate surface area is 122 Å². The highest BCUT2D eigenvalue weighted by Gasteiger charge is 2.33. The molecule has 2 rings (SSSR count). The molecule has 1 aliphatic rings. The number of aliphatic hydroxyl groups excluding tert-OH is 1. The van der Waals surface area contributed by atoms with Crippen LogP contribution in [-0.2, 0) is 6.54 Å². The van der Waals surface area contributed by atoms with Crippen molar-refractivity contribution in [2.45, 2.75) is 58.5 Å². The molecule has 0 aliphatic heterocycles. The van der Waals surface area contributed by atoms with Crippen LogP contribution in [0.3, 0.4) is 0 Å². The van der Waals surface area contributed by atoms with Crippen LogP contribution in [0.25, 0.3) is 0 Å². The average Bonchev–Trinajstić information content (AvgIpc) is 2.42. The van der Waals surface area contributed by atoms with Gasteiger partial charge in [0.2, 0.25) is 0 Å². The molecule has 20 heavy (non-hydrogen) atoms. The van der Waals surface area contributed by atoms with Gasteiger partial charge in [0.1, 0.15) is 5.75 Å². The highest BCUT2D eigenvalue weighted by Crippen LogP contribution is 2.32. The smallest absolute Gasteiger partial charge is 0.121 e. The van der Waals surface area contributed by atoms with E-state index in [0.717, 1.165) is 30.5 Å². The molecule has 0 saturated heterocycles. The van der Waals surface area contributed by atoms with Gasteiger partial charge in [-0.1, -0.05) is 31.9 Å². The zero-order valence-corrected chi connectivity index (χ0v) is 12.9. The molecule has 3 N–H and O–H groups in total. The molecule has 1 saturated carbocycles. The van der Waals surface area contributed by atoms with Crippen molar-refractivity contribution in [1.29, 1.82) is 0 Å². The number of phenolic OH excluding ortho intramolecular Hbond substituents is 1. The predicted octanol–water partition coefficient (Wildman–Crippen LogP) is 3.04. The summed E-state index contributed by atoms with van der Waals surface area (Å²) in [5.74, 6) is 1.06. The summed E-state index contributed by atoms with van der Waals surface area (Å²) >= 11 is 0. The fourth-order valence-corrected chi connectivity index (χ4v) is 3.46. The lowest BCUT2D eigenvalue weighted by atomic mass is 9.76. The lowest BCUT2D eigenvalue weighted by molar-refractivity contribution is 0.0982. The molecule has 2 unspecified atom stereocenters. The lowest BCUT2D eigenvalue weighted by Crippen LogP contribution is -2.51. The number of aliphatic hydroxyl groups is 1. The highest BCUT2D eigenvalue weighted by atomic mass is 16.3. The summed E-state index contributed by atoms with van der Waals surface area (Å²) in [5.41, 5.74) is 2.87. The Morgan fingerprint density at radius 3 is 2.50 bits per heavy atom. The molecule has 0 spiro atoms. The number of rotatable bonds is 4. The standard InChI is InChI=1S/C17H27NO2/c1-12-5-4-6-17(9-12,11-19)18-10-15-7-13(2)16(20)14(3)8-15/h7-8,12,18-20H,4-6,9-11H2,1-3H3. The second-order valence-corrected chi connectivity index (χ2v) is 6.57. The summed E-state index contributed by atoms with van der Waals surface area (Å²) in [4.78, 5) is 0. The van der Waals surface area contributed by atoms with Crippen molar-refractivity contribution in [3.8, 4) is 5.75 Å². The first-order chi connectivity index (χ1) is 9.46. The van der Waals surface area contributed by atoms with Gasteiger partial charge in [-0.15, -0.1) is 0 Å². The molecule has 1 aliphatic carbocycles. The van der Waals surface area contributed by atoms with Gasteiger partial charge in [-0.2, -0.15) is 0 Å². The Bertz CT molecular complexity index is 449. The van der Waals surface area contributed by atoms with Crippen LogP contribution in [0.5, 0.6) is 5.75 Å². The molecule has 1 aromatic rings. The van der Waals surface area contributed by atoms with Crippen molar-refractivity contribution >= 4 is 0 Å². The van der Waals surface area contributed by atoms with Gasteiger partial charge in [0.15, 0.2) is 0 Å². The van der Waals surface area contributed by atoms with Crippen LogP contribution in [0.1, 0.15) is 49.3 Å². The van der Waals surface area contributed by atoms with Crippen molar-refractivity contribution in [3.63, 3.8) is 0 Å². The maximum absolute atomic E-state index is 9.82. The van der Waals surface area contributed by atoms with E-state index in [1.165, 1.54) is 18.4 Å². The second kappa shape index (κ2) is 6.15. The fraction of sp³-hybridized carbons (Fsp3) is 0.647. The third kappa shape index (κ3) is 3.33. The fourth-order valence-electron chi connectivity index (χ4n) is 3.46. The molecule has 112 valence electrons. The first kappa shape index (κ1) is 15.3. The summed E-state index contributed by atoms with van der Waals surface area (Å²) in [6, 6.07) is 4.04. The van der Waals surface area contributed by atoms with Crippen molar-refractivity contribution in [2.75, 3.05) is 6.61 Å². The average molecular weight is 277 g/mol. The van der Waals surface area contributed by atoms with Gasteiger partial charge in [0.25, 0.3) is 0 Å². The second-order valence-electron chi connectivity index (χ2n) is 6.57. The zero-order valence-electron chi connectivity index (χ0n) is 12.9. The summed E-state index contributed by atoms with van der Waals surface area (Å²) in [7, 11) is 0. The topological polar surface area (TPSA) is 52.5 Å². The van der Waals surface area contributed by atoms with Gasteiger partial charge in [0, 0.05) is 12.1 Å². The van der Waals surface area contributed by atoms with Gasteiger partial charge in [-0.3, -0.25) is 0 Å². The number of hydrogen-bond acceptors (Lipinski definition) is 3. The molecule has 0 bridgehead atoms. The van der Waals surface area contributed by atoms with Gasteiger partial charge >= 0.3 is 0 Å². The van der Waals surface area contributed by atoms with Crippen LogP contribution in [0.2, 0.25) is 0 Å². The van der Waals surface area contributed by atoms with E-state index >= 15 is 0 Å². The van der Waals surface area contributed by atoms with E-state index < -0.39 is 0 Å². The maximum Gasteiger partial charge on any atom is 0.121 e. The molecule has 0 radical (unpaired) electrons. The van der Waals surface area contributed by atoms with E-state index in [0.29, 0.717) is 11.7 Å². The van der Waals surface area contributed by atoms with E-state index in [1.54, 1.807) is 0 Å². The number of aromatic hydroxyl groups is 1. The van der Waals surface area contributed by atoms with Crippen LogP contribution in [0.4, 0.5) is 0 Å². The molecule has 0 aromatic heterocycles. The Balaban J connectivity index is 2.07. The zero-order chi connectivity index (χ0) is 14.8. The largest absolute Gasteiger partial charge is 0.507 e. The number of phenols is 1. The molecule has 1 fully saturated rings. The van der Waals surface area contributed by atoms with E-state index in [4.69, 9.17) is 0 Å². The summed E-state index contributed by atoms with van der Waals surface area (Å²) in [5, 5.41) is 23.2. The maximum atomic E-state index is 9.82. The minimum atomic E-state index is -0.128. The quantitative estimate of drug-likeness (QED) is 0.793. The van der Waals surface area contributed by atoms with Crippen molar-refractivity contribution in [2.24, 2.45) is 5.92 Å². The Morgan fingerprint density at radius 1 is 1.30 bits per heavy atom. The van der Waals surface area contributed by atoms with Crippen LogP contribution in [-0.4, -0.2) is 22.4 Å². The molecule has 1 aromatic carbocycles. The van der Waals surface area contributed by atoms with Gasteiger partial charge in [-0.25, -0.2) is 0 Å². The number of aryl methyl sites for hydroxylation is 2.